The zero-order valence-corrected chi connectivity index (χ0v) is 21.6. The number of nitrogens with zero attached hydrogens (tertiary/aromatic N) is 2. The normalized spacial score (nSPS) is 12.2. The minimum Gasteiger partial charge on any atom is -0.497 e. The molecule has 2 rings (SSSR count). The van der Waals surface area contributed by atoms with Crippen LogP contribution in [-0.4, -0.2) is 57.1 Å². The Balaban J connectivity index is 2.37. The average Bonchev–Trinajstić information content (AvgIpc) is 2.79. The number of nitrogens with one attached hydrogen (secondary N) is 1. The summed E-state index contributed by atoms with van der Waals surface area (Å²) in [7, 11) is -2.18. The predicted octanol–water partition coefficient (Wildman–Crippen LogP) is 2.97. The predicted molar refractivity (Wildman–Crippen MR) is 134 cm³/mol. The van der Waals surface area contributed by atoms with Gasteiger partial charge < -0.3 is 15.0 Å². The zero-order valence-electron chi connectivity index (χ0n) is 20.7. The van der Waals surface area contributed by atoms with Crippen molar-refractivity contribution < 1.29 is 22.7 Å². The quantitative estimate of drug-likeness (QED) is 0.524. The van der Waals surface area contributed by atoms with Crippen molar-refractivity contribution in [2.24, 2.45) is 0 Å². The summed E-state index contributed by atoms with van der Waals surface area (Å²) in [5.41, 5.74) is 2.25. The largest absolute Gasteiger partial charge is 0.497 e. The van der Waals surface area contributed by atoms with Crippen LogP contribution >= 0.6 is 0 Å². The molecular formula is C25H35N3O5S. The molecule has 186 valence electrons. The number of rotatable bonds is 11. The van der Waals surface area contributed by atoms with Crippen molar-refractivity contribution in [2.75, 3.05) is 24.2 Å². The molecule has 0 bridgehead atoms. The van der Waals surface area contributed by atoms with Gasteiger partial charge in [-0.05, 0) is 62.6 Å². The maximum absolute atomic E-state index is 13.5. The molecule has 34 heavy (non-hydrogen) atoms. The first kappa shape index (κ1) is 27.2. The van der Waals surface area contributed by atoms with Gasteiger partial charge in [0.05, 0.1) is 19.1 Å². The van der Waals surface area contributed by atoms with E-state index in [1.54, 1.807) is 38.3 Å². The van der Waals surface area contributed by atoms with Crippen molar-refractivity contribution >= 4 is 27.5 Å². The number of ether oxygens (including phenoxy) is 1. The molecule has 0 spiro atoms. The Bertz CT molecular complexity index is 1070. The van der Waals surface area contributed by atoms with Gasteiger partial charge in [-0.15, -0.1) is 0 Å². The van der Waals surface area contributed by atoms with E-state index in [4.69, 9.17) is 4.74 Å². The maximum Gasteiger partial charge on any atom is 0.244 e. The Hall–Kier alpha value is -3.07. The highest BCUT2D eigenvalue weighted by molar-refractivity contribution is 7.92. The van der Waals surface area contributed by atoms with Crippen molar-refractivity contribution in [3.63, 3.8) is 0 Å². The Morgan fingerprint density at radius 2 is 1.53 bits per heavy atom. The van der Waals surface area contributed by atoms with Crippen molar-refractivity contribution in [1.82, 2.24) is 10.2 Å². The Morgan fingerprint density at radius 3 is 2.00 bits per heavy atom. The van der Waals surface area contributed by atoms with Crippen LogP contribution in [0, 0.1) is 0 Å². The monoisotopic (exact) mass is 489 g/mol. The van der Waals surface area contributed by atoms with E-state index in [0.717, 1.165) is 28.1 Å². The van der Waals surface area contributed by atoms with Crippen LogP contribution < -0.4 is 14.4 Å². The van der Waals surface area contributed by atoms with Crippen molar-refractivity contribution in [3.05, 3.63) is 59.7 Å². The third-order valence-electron chi connectivity index (χ3n) is 5.42. The van der Waals surface area contributed by atoms with Crippen LogP contribution in [0.1, 0.15) is 38.8 Å². The molecule has 0 aliphatic heterocycles. The van der Waals surface area contributed by atoms with Gasteiger partial charge in [0.25, 0.3) is 0 Å². The first-order chi connectivity index (χ1) is 16.0. The van der Waals surface area contributed by atoms with Gasteiger partial charge in [-0.1, -0.05) is 31.2 Å². The molecule has 0 aliphatic rings. The first-order valence-corrected chi connectivity index (χ1v) is 13.1. The highest BCUT2D eigenvalue weighted by Gasteiger charge is 2.30. The fraction of sp³-hybridized carbons (Fsp3) is 0.440. The number of carbonyl (C=O) groups excluding carboxylic acids is 2. The zero-order chi connectivity index (χ0) is 25.5. The van der Waals surface area contributed by atoms with Crippen molar-refractivity contribution in [3.8, 4) is 5.75 Å². The molecule has 1 N–H and O–H groups in total. The second-order valence-corrected chi connectivity index (χ2v) is 10.4. The lowest BCUT2D eigenvalue weighted by molar-refractivity contribution is -0.139. The van der Waals surface area contributed by atoms with Crippen LogP contribution in [0.4, 0.5) is 5.69 Å². The molecule has 1 unspecified atom stereocenters. The lowest BCUT2D eigenvalue weighted by atomic mass is 10.1. The summed E-state index contributed by atoms with van der Waals surface area (Å²) in [4.78, 5) is 27.6. The summed E-state index contributed by atoms with van der Waals surface area (Å²) in [6.07, 6.45) is 1.88. The number of hydrogen-bond acceptors (Lipinski definition) is 5. The van der Waals surface area contributed by atoms with Crippen LogP contribution in [0.15, 0.2) is 48.5 Å². The van der Waals surface area contributed by atoms with Gasteiger partial charge in [0.2, 0.25) is 21.8 Å². The molecule has 0 aliphatic carbocycles. The number of hydrogen-bond donors (Lipinski definition) is 1. The van der Waals surface area contributed by atoms with Gasteiger partial charge in [-0.3, -0.25) is 13.9 Å². The minimum absolute atomic E-state index is 0.0995. The van der Waals surface area contributed by atoms with Crippen LogP contribution in [0.5, 0.6) is 5.75 Å². The summed E-state index contributed by atoms with van der Waals surface area (Å²) in [5.74, 6) is -0.117. The molecule has 8 nitrogen and oxygen atoms in total. The standard InChI is InChI=1S/C25H35N3O5S/c1-7-20-8-12-22(13-9-20)28(34(6,31)32)17-24(29)27(19(4)25(30)26-18(2)3)16-21-10-14-23(33-5)15-11-21/h8-15,18-19H,7,16-17H2,1-6H3,(H,26,30). The summed E-state index contributed by atoms with van der Waals surface area (Å²) in [6.45, 7) is 7.05. The maximum atomic E-state index is 13.5. The van der Waals surface area contributed by atoms with E-state index >= 15 is 0 Å². The Morgan fingerprint density at radius 1 is 0.971 bits per heavy atom. The summed E-state index contributed by atoms with van der Waals surface area (Å²) < 4.78 is 31.4. The topological polar surface area (TPSA) is 96.0 Å². The van der Waals surface area contributed by atoms with E-state index in [9.17, 15) is 18.0 Å². The van der Waals surface area contributed by atoms with Gasteiger partial charge in [0.15, 0.2) is 0 Å². The number of sulfonamides is 1. The molecule has 9 heteroatoms. The van der Waals surface area contributed by atoms with Gasteiger partial charge in [-0.2, -0.15) is 0 Å². The molecule has 2 aromatic carbocycles. The smallest absolute Gasteiger partial charge is 0.244 e. The highest BCUT2D eigenvalue weighted by atomic mass is 32.2. The number of methoxy groups -OCH3 is 1. The molecule has 1 atom stereocenters. The van der Waals surface area contributed by atoms with Crippen LogP contribution in [0.25, 0.3) is 0 Å². The van der Waals surface area contributed by atoms with Crippen molar-refractivity contribution in [1.29, 1.82) is 0 Å². The average molecular weight is 490 g/mol. The summed E-state index contributed by atoms with van der Waals surface area (Å²) in [6, 6.07) is 13.3. The number of anilines is 1. The molecule has 2 aromatic rings. The SMILES string of the molecule is CCc1ccc(N(CC(=O)N(Cc2ccc(OC)cc2)C(C)C(=O)NC(C)C)S(C)(=O)=O)cc1. The van der Waals surface area contributed by atoms with Gasteiger partial charge >= 0.3 is 0 Å². The Labute approximate surface area is 202 Å². The molecule has 0 heterocycles. The fourth-order valence-corrected chi connectivity index (χ4v) is 4.28. The van der Waals surface area contributed by atoms with Gasteiger partial charge in [-0.25, -0.2) is 8.42 Å². The first-order valence-electron chi connectivity index (χ1n) is 11.3. The minimum atomic E-state index is -3.74. The molecule has 0 aromatic heterocycles. The Kier molecular flexibility index (Phi) is 9.49. The number of benzene rings is 2. The molecule has 0 saturated heterocycles. The van der Waals surface area contributed by atoms with Gasteiger partial charge in [0, 0.05) is 12.6 Å². The highest BCUT2D eigenvalue weighted by Crippen LogP contribution is 2.20. The van der Waals surface area contributed by atoms with E-state index in [2.05, 4.69) is 5.32 Å². The van der Waals surface area contributed by atoms with E-state index in [0.29, 0.717) is 11.4 Å². The molecule has 0 saturated carbocycles. The lowest BCUT2D eigenvalue weighted by Crippen LogP contribution is -2.52. The number of carbonyl (C=O) groups is 2. The molecular weight excluding hydrogens is 454 g/mol. The molecule has 2 amide bonds. The fourth-order valence-electron chi connectivity index (χ4n) is 3.43. The second kappa shape index (κ2) is 11.9. The van der Waals surface area contributed by atoms with E-state index in [1.807, 2.05) is 45.0 Å². The summed E-state index contributed by atoms with van der Waals surface area (Å²) >= 11 is 0. The van der Waals surface area contributed by atoms with Gasteiger partial charge in [0.1, 0.15) is 18.3 Å². The van der Waals surface area contributed by atoms with Crippen LogP contribution in [0.2, 0.25) is 0 Å². The van der Waals surface area contributed by atoms with Crippen LogP contribution in [-0.2, 0) is 32.6 Å². The van der Waals surface area contributed by atoms with E-state index < -0.39 is 28.5 Å². The molecule has 0 radical (unpaired) electrons. The van der Waals surface area contributed by atoms with Crippen LogP contribution in [0.3, 0.4) is 0 Å². The second-order valence-electron chi connectivity index (χ2n) is 8.50. The third kappa shape index (κ3) is 7.48. The summed E-state index contributed by atoms with van der Waals surface area (Å²) in [5, 5.41) is 2.83. The lowest BCUT2D eigenvalue weighted by Gasteiger charge is -2.32. The van der Waals surface area contributed by atoms with E-state index in [1.165, 1.54) is 4.90 Å². The third-order valence-corrected chi connectivity index (χ3v) is 6.56. The molecule has 0 fully saturated rings. The van der Waals surface area contributed by atoms with E-state index in [-0.39, 0.29) is 18.5 Å². The van der Waals surface area contributed by atoms with Crippen molar-refractivity contribution in [2.45, 2.75) is 52.7 Å². The number of aryl methyl sites for hydroxylation is 1. The number of amides is 2.